The predicted molar refractivity (Wildman–Crippen MR) is 76.4 cm³/mol. The third-order valence-corrected chi connectivity index (χ3v) is 4.10. The standard InChI is InChI=1S/C15H27N3O/c1-11(2)15(5,10-16)17-14(19)9-18-7-12(3)6-13(4)8-18/h11-13H,6-9H2,1-5H3,(H,17,19)/t12-,13-,15+/m1/s1. The van der Waals surface area contributed by atoms with Crippen LogP contribution in [0.3, 0.4) is 0 Å². The molecule has 0 aromatic rings. The molecule has 1 fully saturated rings. The zero-order valence-electron chi connectivity index (χ0n) is 12.9. The lowest BCUT2D eigenvalue weighted by Gasteiger charge is -2.35. The van der Waals surface area contributed by atoms with E-state index in [9.17, 15) is 10.1 Å². The van der Waals surface area contributed by atoms with Gasteiger partial charge in [0, 0.05) is 13.1 Å². The molecule has 0 aromatic heterocycles. The van der Waals surface area contributed by atoms with E-state index in [1.54, 1.807) is 6.92 Å². The van der Waals surface area contributed by atoms with E-state index < -0.39 is 5.54 Å². The van der Waals surface area contributed by atoms with Crippen LogP contribution >= 0.6 is 0 Å². The summed E-state index contributed by atoms with van der Waals surface area (Å²) in [5, 5.41) is 12.1. The van der Waals surface area contributed by atoms with Crippen LogP contribution in [0.5, 0.6) is 0 Å². The fourth-order valence-corrected chi connectivity index (χ4v) is 2.75. The molecule has 19 heavy (non-hydrogen) atoms. The summed E-state index contributed by atoms with van der Waals surface area (Å²) in [5.74, 6) is 1.34. The van der Waals surface area contributed by atoms with Crippen LogP contribution in [0.1, 0.15) is 41.0 Å². The van der Waals surface area contributed by atoms with Gasteiger partial charge < -0.3 is 5.32 Å². The lowest BCUT2D eigenvalue weighted by atomic mass is 9.89. The molecule has 108 valence electrons. The Morgan fingerprint density at radius 1 is 1.42 bits per heavy atom. The first-order valence-electron chi connectivity index (χ1n) is 7.21. The van der Waals surface area contributed by atoms with Crippen molar-refractivity contribution in [2.45, 2.75) is 46.6 Å². The molecule has 1 aliphatic rings. The van der Waals surface area contributed by atoms with Crippen molar-refractivity contribution in [2.75, 3.05) is 19.6 Å². The van der Waals surface area contributed by atoms with Gasteiger partial charge in [-0.3, -0.25) is 9.69 Å². The normalized spacial score (nSPS) is 27.6. The van der Waals surface area contributed by atoms with Gasteiger partial charge in [-0.15, -0.1) is 0 Å². The average Bonchev–Trinajstić information content (AvgIpc) is 2.26. The minimum absolute atomic E-state index is 0.0425. The highest BCUT2D eigenvalue weighted by Crippen LogP contribution is 2.21. The number of nitriles is 1. The number of amides is 1. The van der Waals surface area contributed by atoms with Crippen LogP contribution in [-0.4, -0.2) is 36.0 Å². The van der Waals surface area contributed by atoms with Crippen molar-refractivity contribution in [3.63, 3.8) is 0 Å². The smallest absolute Gasteiger partial charge is 0.235 e. The molecule has 0 unspecified atom stereocenters. The molecule has 0 saturated carbocycles. The summed E-state index contributed by atoms with van der Waals surface area (Å²) in [6.45, 7) is 12.5. The maximum absolute atomic E-state index is 12.1. The number of rotatable bonds is 4. The highest BCUT2D eigenvalue weighted by Gasteiger charge is 2.31. The minimum atomic E-state index is -0.774. The highest BCUT2D eigenvalue weighted by molar-refractivity contribution is 5.79. The third-order valence-electron chi connectivity index (χ3n) is 4.10. The monoisotopic (exact) mass is 265 g/mol. The molecular formula is C15H27N3O. The Morgan fingerprint density at radius 3 is 2.37 bits per heavy atom. The average molecular weight is 265 g/mol. The Kier molecular flexibility index (Phi) is 5.37. The first-order chi connectivity index (χ1) is 8.76. The minimum Gasteiger partial charge on any atom is -0.337 e. The summed E-state index contributed by atoms with van der Waals surface area (Å²) >= 11 is 0. The zero-order valence-corrected chi connectivity index (χ0v) is 12.9. The number of likely N-dealkylation sites (tertiary alicyclic amines) is 1. The van der Waals surface area contributed by atoms with Crippen molar-refractivity contribution in [3.05, 3.63) is 0 Å². The molecule has 4 nitrogen and oxygen atoms in total. The number of nitrogens with zero attached hydrogens (tertiary/aromatic N) is 2. The summed E-state index contributed by atoms with van der Waals surface area (Å²) in [4.78, 5) is 14.3. The molecule has 0 radical (unpaired) electrons. The molecule has 0 spiro atoms. The van der Waals surface area contributed by atoms with Crippen molar-refractivity contribution in [3.8, 4) is 6.07 Å². The largest absolute Gasteiger partial charge is 0.337 e. The molecule has 1 aliphatic heterocycles. The highest BCUT2D eigenvalue weighted by atomic mass is 16.2. The number of hydrogen-bond donors (Lipinski definition) is 1. The van der Waals surface area contributed by atoms with Crippen molar-refractivity contribution in [1.29, 1.82) is 5.26 Å². The van der Waals surface area contributed by atoms with Crippen LogP contribution in [-0.2, 0) is 4.79 Å². The molecule has 1 heterocycles. The number of piperidine rings is 1. The third kappa shape index (κ3) is 4.50. The maximum Gasteiger partial charge on any atom is 0.235 e. The van der Waals surface area contributed by atoms with Gasteiger partial charge in [0.1, 0.15) is 5.54 Å². The number of nitrogens with one attached hydrogen (secondary N) is 1. The lowest BCUT2D eigenvalue weighted by molar-refractivity contribution is -0.124. The summed E-state index contributed by atoms with van der Waals surface area (Å²) in [7, 11) is 0. The Hall–Kier alpha value is -1.08. The number of carbonyl (C=O) groups is 1. The second kappa shape index (κ2) is 6.38. The number of hydrogen-bond acceptors (Lipinski definition) is 3. The molecule has 4 heteroatoms. The van der Waals surface area contributed by atoms with E-state index in [1.165, 1.54) is 6.42 Å². The first-order valence-corrected chi connectivity index (χ1v) is 7.21. The van der Waals surface area contributed by atoms with Gasteiger partial charge >= 0.3 is 0 Å². The Bertz CT molecular complexity index is 351. The van der Waals surface area contributed by atoms with Gasteiger partial charge in [0.25, 0.3) is 0 Å². The first kappa shape index (κ1) is 16.0. The van der Waals surface area contributed by atoms with E-state index in [-0.39, 0.29) is 11.8 Å². The van der Waals surface area contributed by atoms with Gasteiger partial charge in [-0.1, -0.05) is 27.7 Å². The predicted octanol–water partition coefficient (Wildman–Crippen LogP) is 2.02. The van der Waals surface area contributed by atoms with Crippen LogP contribution < -0.4 is 5.32 Å². The number of carbonyl (C=O) groups excluding carboxylic acids is 1. The van der Waals surface area contributed by atoms with Crippen molar-refractivity contribution in [2.24, 2.45) is 17.8 Å². The SMILES string of the molecule is CC(C)[C@](C)(C#N)NC(=O)CN1C[C@H](C)C[C@@H](C)C1. The summed E-state index contributed by atoms with van der Waals surface area (Å²) < 4.78 is 0. The van der Waals surface area contributed by atoms with Crippen LogP contribution in [0.15, 0.2) is 0 Å². The topological polar surface area (TPSA) is 56.1 Å². The van der Waals surface area contributed by atoms with E-state index in [4.69, 9.17) is 0 Å². The molecule has 1 saturated heterocycles. The van der Waals surface area contributed by atoms with Gasteiger partial charge in [-0.05, 0) is 31.1 Å². The molecule has 1 rings (SSSR count). The molecule has 0 aromatic carbocycles. The van der Waals surface area contributed by atoms with Crippen LogP contribution in [0.25, 0.3) is 0 Å². The van der Waals surface area contributed by atoms with E-state index >= 15 is 0 Å². The van der Waals surface area contributed by atoms with Gasteiger partial charge in [-0.25, -0.2) is 0 Å². The Morgan fingerprint density at radius 2 is 1.95 bits per heavy atom. The van der Waals surface area contributed by atoms with E-state index in [2.05, 4.69) is 30.1 Å². The van der Waals surface area contributed by atoms with Crippen LogP contribution in [0.2, 0.25) is 0 Å². The second-order valence-electron chi connectivity index (χ2n) is 6.66. The fraction of sp³-hybridized carbons (Fsp3) is 0.867. The fourth-order valence-electron chi connectivity index (χ4n) is 2.75. The van der Waals surface area contributed by atoms with Gasteiger partial charge in [-0.2, -0.15) is 5.26 Å². The molecule has 3 atom stereocenters. The summed E-state index contributed by atoms with van der Waals surface area (Å²) in [5.41, 5.74) is -0.774. The lowest BCUT2D eigenvalue weighted by Crippen LogP contribution is -2.53. The maximum atomic E-state index is 12.1. The second-order valence-corrected chi connectivity index (χ2v) is 6.66. The quantitative estimate of drug-likeness (QED) is 0.846. The van der Waals surface area contributed by atoms with Crippen molar-refractivity contribution >= 4 is 5.91 Å². The molecular weight excluding hydrogens is 238 g/mol. The van der Waals surface area contributed by atoms with Crippen molar-refractivity contribution < 1.29 is 4.79 Å². The molecule has 1 amide bonds. The van der Waals surface area contributed by atoms with Crippen molar-refractivity contribution in [1.82, 2.24) is 10.2 Å². The Labute approximate surface area is 117 Å². The van der Waals surface area contributed by atoms with Crippen LogP contribution in [0.4, 0.5) is 0 Å². The zero-order chi connectivity index (χ0) is 14.6. The van der Waals surface area contributed by atoms with E-state index in [0.717, 1.165) is 13.1 Å². The van der Waals surface area contributed by atoms with Gasteiger partial charge in [0.05, 0.1) is 12.6 Å². The summed E-state index contributed by atoms with van der Waals surface area (Å²) in [6.07, 6.45) is 1.24. The van der Waals surface area contributed by atoms with Gasteiger partial charge in [0.15, 0.2) is 0 Å². The molecule has 0 aliphatic carbocycles. The van der Waals surface area contributed by atoms with Gasteiger partial charge in [0.2, 0.25) is 5.91 Å². The Balaban J connectivity index is 2.54. The molecule has 0 bridgehead atoms. The van der Waals surface area contributed by atoms with Crippen LogP contribution in [0, 0.1) is 29.1 Å². The summed E-state index contributed by atoms with van der Waals surface area (Å²) in [6, 6.07) is 2.21. The molecule has 1 N–H and O–H groups in total. The van der Waals surface area contributed by atoms with E-state index in [1.807, 2.05) is 13.8 Å². The van der Waals surface area contributed by atoms with E-state index in [0.29, 0.717) is 18.4 Å².